The average molecular weight is 478 g/mol. The van der Waals surface area contributed by atoms with Gasteiger partial charge in [0, 0.05) is 20.1 Å². The highest BCUT2D eigenvalue weighted by atomic mass is 32.2. The Kier molecular flexibility index (Phi) is 7.65. The summed E-state index contributed by atoms with van der Waals surface area (Å²) in [6, 6.07) is 23.3. The van der Waals surface area contributed by atoms with Crippen LogP contribution in [0.4, 0.5) is 5.69 Å². The minimum absolute atomic E-state index is 0.179. The summed E-state index contributed by atoms with van der Waals surface area (Å²) in [5.41, 5.74) is 2.91. The number of amides is 1. The highest BCUT2D eigenvalue weighted by Crippen LogP contribution is 2.25. The molecule has 178 valence electrons. The fraction of sp³-hybridized carbons (Fsp3) is 0.296. The molecule has 0 aromatic heterocycles. The third-order valence-electron chi connectivity index (χ3n) is 6.19. The van der Waals surface area contributed by atoms with E-state index in [9.17, 15) is 13.2 Å². The Morgan fingerprint density at radius 3 is 2.32 bits per heavy atom. The van der Waals surface area contributed by atoms with Crippen molar-refractivity contribution in [3.8, 4) is 0 Å². The van der Waals surface area contributed by atoms with Crippen molar-refractivity contribution < 1.29 is 13.2 Å². The Morgan fingerprint density at radius 2 is 1.56 bits per heavy atom. The van der Waals surface area contributed by atoms with Gasteiger partial charge in [-0.15, -0.1) is 0 Å². The van der Waals surface area contributed by atoms with Crippen molar-refractivity contribution in [1.29, 1.82) is 0 Å². The maximum absolute atomic E-state index is 13.1. The van der Waals surface area contributed by atoms with E-state index in [1.807, 2.05) is 12.1 Å². The fourth-order valence-electron chi connectivity index (χ4n) is 4.31. The molecule has 7 heteroatoms. The Hall–Kier alpha value is -3.16. The van der Waals surface area contributed by atoms with E-state index in [-0.39, 0.29) is 10.8 Å². The third kappa shape index (κ3) is 5.66. The number of rotatable bonds is 8. The van der Waals surface area contributed by atoms with Crippen molar-refractivity contribution in [2.75, 3.05) is 24.4 Å². The van der Waals surface area contributed by atoms with Crippen LogP contribution in [0.15, 0.2) is 83.8 Å². The molecule has 0 unspecified atom stereocenters. The predicted molar refractivity (Wildman–Crippen MR) is 135 cm³/mol. The number of nitrogens with zero attached hydrogens (tertiary/aromatic N) is 2. The number of anilines is 1. The van der Waals surface area contributed by atoms with E-state index >= 15 is 0 Å². The van der Waals surface area contributed by atoms with Gasteiger partial charge in [-0.2, -0.15) is 0 Å². The molecular weight excluding hydrogens is 446 g/mol. The quantitative estimate of drug-likeness (QED) is 0.521. The van der Waals surface area contributed by atoms with Crippen LogP contribution in [0, 0.1) is 0 Å². The van der Waals surface area contributed by atoms with E-state index in [0.29, 0.717) is 17.8 Å². The molecule has 6 nitrogen and oxygen atoms in total. The van der Waals surface area contributed by atoms with Crippen molar-refractivity contribution in [3.05, 3.63) is 95.6 Å². The Balaban J connectivity index is 1.46. The molecule has 1 aliphatic rings. The molecule has 3 aromatic carbocycles. The van der Waals surface area contributed by atoms with Crippen LogP contribution < -0.4 is 9.62 Å². The SMILES string of the molecule is CN(c1ccccc1C(=O)NCc1cccc(CN2CCCCC2)c1)S(=O)(=O)c1ccccc1. The monoisotopic (exact) mass is 477 g/mol. The summed E-state index contributed by atoms with van der Waals surface area (Å²) in [6.45, 7) is 3.57. The second-order valence-corrected chi connectivity index (χ2v) is 10.6. The van der Waals surface area contributed by atoms with Gasteiger partial charge in [-0.3, -0.25) is 14.0 Å². The van der Waals surface area contributed by atoms with Crippen molar-refractivity contribution in [3.63, 3.8) is 0 Å². The van der Waals surface area contributed by atoms with Crippen molar-refractivity contribution in [2.45, 2.75) is 37.2 Å². The smallest absolute Gasteiger partial charge is 0.264 e. The molecular formula is C27H31N3O3S. The van der Waals surface area contributed by atoms with E-state index < -0.39 is 10.0 Å². The number of piperidine rings is 1. The van der Waals surface area contributed by atoms with Gasteiger partial charge in [0.1, 0.15) is 0 Å². The summed E-state index contributed by atoms with van der Waals surface area (Å²) in [6.07, 6.45) is 3.82. The molecule has 1 amide bonds. The molecule has 1 fully saturated rings. The van der Waals surface area contributed by atoms with Crippen LogP contribution >= 0.6 is 0 Å². The van der Waals surface area contributed by atoms with Crippen LogP contribution in [0.1, 0.15) is 40.7 Å². The summed E-state index contributed by atoms with van der Waals surface area (Å²) in [5, 5.41) is 2.96. The van der Waals surface area contributed by atoms with E-state index in [1.54, 1.807) is 54.6 Å². The Bertz CT molecular complexity index is 1220. The van der Waals surface area contributed by atoms with Crippen LogP contribution in [0.5, 0.6) is 0 Å². The number of carbonyl (C=O) groups excluding carboxylic acids is 1. The Morgan fingerprint density at radius 1 is 0.882 bits per heavy atom. The first kappa shape index (κ1) is 24.0. The molecule has 1 heterocycles. The van der Waals surface area contributed by atoms with E-state index in [1.165, 1.54) is 31.9 Å². The van der Waals surface area contributed by atoms with Crippen LogP contribution in [0.25, 0.3) is 0 Å². The van der Waals surface area contributed by atoms with E-state index in [4.69, 9.17) is 0 Å². The predicted octanol–water partition coefficient (Wildman–Crippen LogP) is 4.43. The summed E-state index contributed by atoms with van der Waals surface area (Å²) in [7, 11) is -2.32. The molecule has 0 spiro atoms. The zero-order valence-corrected chi connectivity index (χ0v) is 20.3. The Labute approximate surface area is 202 Å². The standard InChI is InChI=1S/C27H31N3O3S/c1-29(34(32,33)24-13-4-2-5-14-24)26-16-7-6-15-25(26)27(31)28-20-22-11-10-12-23(19-22)21-30-17-8-3-9-18-30/h2,4-7,10-16,19H,3,8-9,17-18,20-21H2,1H3,(H,28,31). The third-order valence-corrected chi connectivity index (χ3v) is 7.97. The van der Waals surface area contributed by atoms with Gasteiger partial charge in [0.15, 0.2) is 0 Å². The van der Waals surface area contributed by atoms with Crippen molar-refractivity contribution in [1.82, 2.24) is 10.2 Å². The highest BCUT2D eigenvalue weighted by molar-refractivity contribution is 7.92. The second-order valence-electron chi connectivity index (χ2n) is 8.64. The van der Waals surface area contributed by atoms with Gasteiger partial charge in [0.25, 0.3) is 15.9 Å². The minimum atomic E-state index is -3.79. The topological polar surface area (TPSA) is 69.7 Å². The minimum Gasteiger partial charge on any atom is -0.348 e. The second kappa shape index (κ2) is 10.8. The molecule has 0 atom stereocenters. The number of hydrogen-bond acceptors (Lipinski definition) is 4. The normalized spacial score (nSPS) is 14.5. The zero-order valence-electron chi connectivity index (χ0n) is 19.5. The van der Waals surface area contributed by atoms with E-state index in [0.717, 1.165) is 29.5 Å². The molecule has 0 radical (unpaired) electrons. The molecule has 1 N–H and O–H groups in total. The van der Waals surface area contributed by atoms with E-state index in [2.05, 4.69) is 22.3 Å². The fourth-order valence-corrected chi connectivity index (χ4v) is 5.55. The number of hydrogen-bond donors (Lipinski definition) is 1. The summed E-state index contributed by atoms with van der Waals surface area (Å²) in [4.78, 5) is 15.7. The highest BCUT2D eigenvalue weighted by Gasteiger charge is 2.24. The number of sulfonamides is 1. The largest absolute Gasteiger partial charge is 0.348 e. The zero-order chi connectivity index (χ0) is 24.0. The lowest BCUT2D eigenvalue weighted by atomic mass is 10.1. The summed E-state index contributed by atoms with van der Waals surface area (Å²) in [5.74, 6) is -0.313. The number of likely N-dealkylation sites (tertiary alicyclic amines) is 1. The van der Waals surface area contributed by atoms with Gasteiger partial charge in [0.05, 0.1) is 16.1 Å². The lowest BCUT2D eigenvalue weighted by molar-refractivity contribution is 0.0951. The van der Waals surface area contributed by atoms with Crippen molar-refractivity contribution >= 4 is 21.6 Å². The first-order valence-corrected chi connectivity index (χ1v) is 13.1. The van der Waals surface area contributed by atoms with Gasteiger partial charge >= 0.3 is 0 Å². The first-order valence-electron chi connectivity index (χ1n) is 11.7. The maximum Gasteiger partial charge on any atom is 0.264 e. The summed E-state index contributed by atoms with van der Waals surface area (Å²) >= 11 is 0. The van der Waals surface area contributed by atoms with Gasteiger partial charge in [0.2, 0.25) is 0 Å². The maximum atomic E-state index is 13.1. The lowest BCUT2D eigenvalue weighted by Gasteiger charge is -2.26. The molecule has 1 aliphatic heterocycles. The average Bonchev–Trinajstić information content (AvgIpc) is 2.88. The lowest BCUT2D eigenvalue weighted by Crippen LogP contribution is -2.30. The molecule has 0 saturated carbocycles. The molecule has 0 aliphatic carbocycles. The van der Waals surface area contributed by atoms with Crippen LogP contribution in [0.2, 0.25) is 0 Å². The number of nitrogens with one attached hydrogen (secondary N) is 1. The number of para-hydroxylation sites is 1. The number of benzene rings is 3. The molecule has 3 aromatic rings. The van der Waals surface area contributed by atoms with Crippen LogP contribution in [-0.4, -0.2) is 39.4 Å². The van der Waals surface area contributed by atoms with Gasteiger partial charge in [-0.25, -0.2) is 8.42 Å². The van der Waals surface area contributed by atoms with Gasteiger partial charge in [-0.1, -0.05) is 61.0 Å². The van der Waals surface area contributed by atoms with Gasteiger partial charge < -0.3 is 5.32 Å². The van der Waals surface area contributed by atoms with Crippen molar-refractivity contribution in [2.24, 2.45) is 0 Å². The van der Waals surface area contributed by atoms with Gasteiger partial charge in [-0.05, 0) is 61.3 Å². The summed E-state index contributed by atoms with van der Waals surface area (Å²) < 4.78 is 27.3. The molecule has 1 saturated heterocycles. The van der Waals surface area contributed by atoms with Crippen LogP contribution in [0.3, 0.4) is 0 Å². The molecule has 4 rings (SSSR count). The first-order chi connectivity index (χ1) is 16.4. The molecule has 34 heavy (non-hydrogen) atoms. The van der Waals surface area contributed by atoms with Crippen LogP contribution in [-0.2, 0) is 23.1 Å². The number of carbonyl (C=O) groups is 1. The molecule has 0 bridgehead atoms.